The molecule has 3 aromatic rings. The minimum absolute atomic E-state index is 0.0965. The van der Waals surface area contributed by atoms with E-state index in [-0.39, 0.29) is 5.76 Å². The molecule has 1 heterocycles. The van der Waals surface area contributed by atoms with Gasteiger partial charge in [-0.15, -0.1) is 0 Å². The summed E-state index contributed by atoms with van der Waals surface area (Å²) in [5.41, 5.74) is 1.59. The molecule has 0 aliphatic rings. The van der Waals surface area contributed by atoms with Crippen molar-refractivity contribution in [1.82, 2.24) is 5.43 Å². The van der Waals surface area contributed by atoms with Crippen LogP contribution in [0.25, 0.3) is 11.0 Å². The number of hydrogen-bond donors (Lipinski definition) is 1. The van der Waals surface area contributed by atoms with Crippen molar-refractivity contribution < 1.29 is 31.2 Å². The summed E-state index contributed by atoms with van der Waals surface area (Å²) in [6.45, 7) is 1.62. The molecule has 9 heteroatoms. The van der Waals surface area contributed by atoms with Crippen molar-refractivity contribution in [1.29, 1.82) is 0 Å². The number of para-hydroxylation sites is 1. The Bertz CT molecular complexity index is 1030. The highest BCUT2D eigenvalue weighted by Crippen LogP contribution is 2.25. The van der Waals surface area contributed by atoms with E-state index in [0.29, 0.717) is 22.7 Å². The molecule has 0 unspecified atom stereocenters. The molecular weight excluding hydrogens is 359 g/mol. The Hall–Kier alpha value is -3.23. The van der Waals surface area contributed by atoms with Crippen molar-refractivity contribution >= 4 is 23.1 Å². The van der Waals surface area contributed by atoms with Crippen LogP contribution in [0.2, 0.25) is 0 Å². The lowest BCUT2D eigenvalue weighted by atomic mass is 10.1. The van der Waals surface area contributed by atoms with Crippen LogP contribution in [-0.4, -0.2) is 12.1 Å². The van der Waals surface area contributed by atoms with Crippen LogP contribution in [0.3, 0.4) is 0 Å². The van der Waals surface area contributed by atoms with E-state index >= 15 is 0 Å². The van der Waals surface area contributed by atoms with Gasteiger partial charge in [0.15, 0.2) is 29.0 Å². The summed E-state index contributed by atoms with van der Waals surface area (Å²) in [6.07, 6.45) is 0.326. The van der Waals surface area contributed by atoms with Gasteiger partial charge in [0.2, 0.25) is 5.82 Å². The number of furan rings is 1. The highest BCUT2D eigenvalue weighted by molar-refractivity contribution is 5.99. The van der Waals surface area contributed by atoms with E-state index in [1.165, 1.54) is 0 Å². The Balaban J connectivity index is 1.87. The third-order valence-corrected chi connectivity index (χ3v) is 3.65. The fourth-order valence-electron chi connectivity index (χ4n) is 2.33. The molecule has 0 aliphatic carbocycles. The third kappa shape index (κ3) is 2.81. The maximum atomic E-state index is 13.5. The highest BCUT2D eigenvalue weighted by Gasteiger charge is 2.25. The SMILES string of the molecule is Cc1c(C(=O)N/N=C\c2c(F)c(F)c(F)c(F)c2F)oc2ccccc12. The maximum Gasteiger partial charge on any atom is 0.307 e. The zero-order valence-corrected chi connectivity index (χ0v) is 13.0. The maximum absolute atomic E-state index is 13.5. The van der Waals surface area contributed by atoms with E-state index in [4.69, 9.17) is 4.42 Å². The number of hydrogen-bond acceptors (Lipinski definition) is 3. The average molecular weight is 368 g/mol. The first-order valence-electron chi connectivity index (χ1n) is 7.16. The number of nitrogens with one attached hydrogen (secondary N) is 1. The largest absolute Gasteiger partial charge is 0.451 e. The Kier molecular flexibility index (Phi) is 4.45. The molecular formula is C17H9F5N2O2. The molecule has 1 N–H and O–H groups in total. The fourth-order valence-corrected chi connectivity index (χ4v) is 2.33. The number of benzene rings is 2. The summed E-state index contributed by atoms with van der Waals surface area (Å²) in [6, 6.07) is 6.81. The van der Waals surface area contributed by atoms with Gasteiger partial charge in [0, 0.05) is 10.9 Å². The summed E-state index contributed by atoms with van der Waals surface area (Å²) in [5.74, 6) is -11.5. The lowest BCUT2D eigenvalue weighted by Gasteiger charge is -2.03. The normalized spacial score (nSPS) is 11.5. The molecule has 0 fully saturated rings. The molecule has 0 saturated heterocycles. The Morgan fingerprint density at radius 1 is 1.00 bits per heavy atom. The van der Waals surface area contributed by atoms with Crippen molar-refractivity contribution in [3.05, 3.63) is 70.2 Å². The van der Waals surface area contributed by atoms with E-state index in [2.05, 4.69) is 5.10 Å². The van der Waals surface area contributed by atoms with Gasteiger partial charge < -0.3 is 4.42 Å². The zero-order chi connectivity index (χ0) is 19.0. The van der Waals surface area contributed by atoms with Crippen molar-refractivity contribution in [2.75, 3.05) is 0 Å². The second kappa shape index (κ2) is 6.58. The van der Waals surface area contributed by atoms with Crippen molar-refractivity contribution in [3.63, 3.8) is 0 Å². The highest BCUT2D eigenvalue weighted by atomic mass is 19.2. The summed E-state index contributed by atoms with van der Waals surface area (Å²) >= 11 is 0. The predicted molar refractivity (Wildman–Crippen MR) is 82.2 cm³/mol. The predicted octanol–water partition coefficient (Wildman–Crippen LogP) is 4.20. The van der Waals surface area contributed by atoms with Crippen LogP contribution in [-0.2, 0) is 0 Å². The molecule has 4 nitrogen and oxygen atoms in total. The lowest BCUT2D eigenvalue weighted by molar-refractivity contribution is 0.0928. The van der Waals surface area contributed by atoms with E-state index in [0.717, 1.165) is 0 Å². The number of carbonyl (C=O) groups excluding carboxylic acids is 1. The van der Waals surface area contributed by atoms with E-state index < -0.39 is 40.6 Å². The van der Waals surface area contributed by atoms with Gasteiger partial charge in [0.05, 0.1) is 11.8 Å². The zero-order valence-electron chi connectivity index (χ0n) is 13.0. The van der Waals surface area contributed by atoms with E-state index in [1.807, 2.05) is 5.43 Å². The Morgan fingerprint density at radius 2 is 1.58 bits per heavy atom. The second-order valence-electron chi connectivity index (χ2n) is 5.24. The Labute approximate surface area is 142 Å². The van der Waals surface area contributed by atoms with Crippen molar-refractivity contribution in [2.24, 2.45) is 5.10 Å². The van der Waals surface area contributed by atoms with Gasteiger partial charge in [-0.3, -0.25) is 4.79 Å². The van der Waals surface area contributed by atoms with E-state index in [9.17, 15) is 26.7 Å². The van der Waals surface area contributed by atoms with Gasteiger partial charge in [-0.05, 0) is 13.0 Å². The van der Waals surface area contributed by atoms with Gasteiger partial charge in [0.1, 0.15) is 5.58 Å². The fraction of sp³-hybridized carbons (Fsp3) is 0.0588. The van der Waals surface area contributed by atoms with Crippen LogP contribution < -0.4 is 5.43 Å². The standard InChI is InChI=1S/C17H9F5N2O2/c1-7-8-4-2-3-5-10(8)26-16(7)17(25)24-23-6-9-11(18)13(20)15(22)14(21)12(9)19/h2-6H,1H3,(H,24,25)/b23-6-. The number of fused-ring (bicyclic) bond motifs is 1. The van der Waals surface area contributed by atoms with Gasteiger partial charge in [-0.1, -0.05) is 18.2 Å². The monoisotopic (exact) mass is 368 g/mol. The lowest BCUT2D eigenvalue weighted by Crippen LogP contribution is -2.18. The Morgan fingerprint density at radius 3 is 2.19 bits per heavy atom. The summed E-state index contributed by atoms with van der Waals surface area (Å²) in [4.78, 5) is 12.1. The van der Waals surface area contributed by atoms with Crippen LogP contribution in [0.5, 0.6) is 0 Å². The number of rotatable bonds is 3. The molecule has 26 heavy (non-hydrogen) atoms. The summed E-state index contributed by atoms with van der Waals surface area (Å²) in [5, 5.41) is 3.92. The summed E-state index contributed by atoms with van der Waals surface area (Å²) < 4.78 is 71.5. The van der Waals surface area contributed by atoms with Gasteiger partial charge in [-0.25, -0.2) is 27.4 Å². The van der Waals surface area contributed by atoms with Crippen LogP contribution in [0.1, 0.15) is 21.7 Å². The first-order chi connectivity index (χ1) is 12.3. The van der Waals surface area contributed by atoms with Crippen molar-refractivity contribution in [2.45, 2.75) is 6.92 Å². The molecule has 1 aromatic heterocycles. The van der Waals surface area contributed by atoms with Gasteiger partial charge >= 0.3 is 5.91 Å². The van der Waals surface area contributed by atoms with Crippen molar-refractivity contribution in [3.8, 4) is 0 Å². The minimum Gasteiger partial charge on any atom is -0.451 e. The van der Waals surface area contributed by atoms with Crippen LogP contribution in [0.4, 0.5) is 22.0 Å². The molecule has 0 aliphatic heterocycles. The smallest absolute Gasteiger partial charge is 0.307 e. The molecule has 0 atom stereocenters. The number of aryl methyl sites for hydroxylation is 1. The number of nitrogens with zero attached hydrogens (tertiary/aromatic N) is 1. The quantitative estimate of drug-likeness (QED) is 0.248. The second-order valence-corrected chi connectivity index (χ2v) is 5.24. The van der Waals surface area contributed by atoms with Crippen LogP contribution in [0.15, 0.2) is 33.8 Å². The van der Waals surface area contributed by atoms with E-state index in [1.54, 1.807) is 31.2 Å². The first kappa shape index (κ1) is 17.6. The molecule has 0 saturated carbocycles. The molecule has 134 valence electrons. The topological polar surface area (TPSA) is 54.6 Å². The first-order valence-corrected chi connectivity index (χ1v) is 7.16. The minimum atomic E-state index is -2.28. The molecule has 0 spiro atoms. The molecule has 3 rings (SSSR count). The number of carbonyl (C=O) groups is 1. The number of halogens is 5. The van der Waals surface area contributed by atoms with Crippen LogP contribution in [0, 0.1) is 36.0 Å². The summed E-state index contributed by atoms with van der Waals surface area (Å²) in [7, 11) is 0. The third-order valence-electron chi connectivity index (χ3n) is 3.65. The molecule has 0 radical (unpaired) electrons. The molecule has 2 aromatic carbocycles. The molecule has 1 amide bonds. The molecule has 0 bridgehead atoms. The average Bonchev–Trinajstić information content (AvgIpc) is 2.98. The van der Waals surface area contributed by atoms with Gasteiger partial charge in [0.25, 0.3) is 0 Å². The number of hydrazone groups is 1. The van der Waals surface area contributed by atoms with Gasteiger partial charge in [-0.2, -0.15) is 5.10 Å². The number of amides is 1. The van der Waals surface area contributed by atoms with Crippen LogP contribution >= 0.6 is 0 Å².